The maximum atomic E-state index is 11.5. The van der Waals surface area contributed by atoms with Gasteiger partial charge in [0.25, 0.3) is 5.91 Å². The summed E-state index contributed by atoms with van der Waals surface area (Å²) in [6, 6.07) is 5.41. The molecule has 0 saturated carbocycles. The van der Waals surface area contributed by atoms with Crippen LogP contribution in [0.15, 0.2) is 18.2 Å². The predicted molar refractivity (Wildman–Crippen MR) is 63.3 cm³/mol. The van der Waals surface area contributed by atoms with Crippen molar-refractivity contribution in [2.24, 2.45) is 0 Å². The normalized spacial score (nSPS) is 13.4. The van der Waals surface area contributed by atoms with E-state index in [9.17, 15) is 9.59 Å². The van der Waals surface area contributed by atoms with Crippen LogP contribution in [0.5, 0.6) is 5.75 Å². The molecule has 0 spiro atoms. The van der Waals surface area contributed by atoms with Gasteiger partial charge in [-0.15, -0.1) is 0 Å². The molecule has 0 saturated heterocycles. The molecule has 0 heterocycles. The Kier molecular flexibility index (Phi) is 3.13. The van der Waals surface area contributed by atoms with E-state index in [2.05, 4.69) is 0 Å². The number of rotatable bonds is 3. The Morgan fingerprint density at radius 2 is 2.12 bits per heavy atom. The monoisotopic (exact) mass is 233 g/mol. The first kappa shape index (κ1) is 11.6. The summed E-state index contributed by atoms with van der Waals surface area (Å²) in [6.45, 7) is 0.0116. The van der Waals surface area contributed by atoms with Crippen molar-refractivity contribution < 1.29 is 14.3 Å². The SMILES string of the molecule is CN(C)C(=O)COc1cccc2c1CCC2=O. The molecular formula is C13H15NO3. The number of hydrogen-bond acceptors (Lipinski definition) is 3. The number of amides is 1. The van der Waals surface area contributed by atoms with Crippen molar-refractivity contribution in [3.05, 3.63) is 29.3 Å². The minimum absolute atomic E-state index is 0.0116. The molecule has 0 radical (unpaired) electrons. The number of fused-ring (bicyclic) bond motifs is 1. The van der Waals surface area contributed by atoms with E-state index in [1.54, 1.807) is 26.2 Å². The van der Waals surface area contributed by atoms with Gasteiger partial charge in [-0.25, -0.2) is 0 Å². The topological polar surface area (TPSA) is 46.6 Å². The van der Waals surface area contributed by atoms with Crippen molar-refractivity contribution >= 4 is 11.7 Å². The summed E-state index contributed by atoms with van der Waals surface area (Å²) in [5, 5.41) is 0. The quantitative estimate of drug-likeness (QED) is 0.790. The molecule has 1 aliphatic carbocycles. The van der Waals surface area contributed by atoms with Crippen LogP contribution in [-0.2, 0) is 11.2 Å². The van der Waals surface area contributed by atoms with E-state index in [1.165, 1.54) is 4.90 Å². The van der Waals surface area contributed by atoms with Crippen LogP contribution in [0.4, 0.5) is 0 Å². The van der Waals surface area contributed by atoms with Crippen molar-refractivity contribution in [1.82, 2.24) is 4.90 Å². The molecule has 0 atom stereocenters. The number of benzene rings is 1. The molecule has 1 amide bonds. The number of ketones is 1. The minimum Gasteiger partial charge on any atom is -0.483 e. The molecule has 0 aliphatic heterocycles. The molecule has 1 aromatic rings. The largest absolute Gasteiger partial charge is 0.483 e. The highest BCUT2D eigenvalue weighted by molar-refractivity contribution is 6.01. The molecule has 0 N–H and O–H groups in total. The lowest BCUT2D eigenvalue weighted by atomic mass is 10.1. The fraction of sp³-hybridized carbons (Fsp3) is 0.385. The Bertz CT molecular complexity index is 466. The lowest BCUT2D eigenvalue weighted by Gasteiger charge is -2.13. The van der Waals surface area contributed by atoms with Gasteiger partial charge in [-0.2, -0.15) is 0 Å². The number of carbonyl (C=O) groups excluding carboxylic acids is 2. The van der Waals surface area contributed by atoms with Crippen molar-refractivity contribution in [3.63, 3.8) is 0 Å². The number of hydrogen-bond donors (Lipinski definition) is 0. The summed E-state index contributed by atoms with van der Waals surface area (Å²) in [4.78, 5) is 24.4. The fourth-order valence-electron chi connectivity index (χ4n) is 1.86. The minimum atomic E-state index is -0.0908. The maximum absolute atomic E-state index is 11.5. The van der Waals surface area contributed by atoms with E-state index in [0.717, 1.165) is 11.1 Å². The molecular weight excluding hydrogens is 218 g/mol. The second kappa shape index (κ2) is 4.57. The van der Waals surface area contributed by atoms with Crippen LogP contribution in [0, 0.1) is 0 Å². The lowest BCUT2D eigenvalue weighted by Crippen LogP contribution is -2.27. The second-order valence-electron chi connectivity index (χ2n) is 4.28. The number of likely N-dealkylation sites (N-methyl/N-ethyl adjacent to an activating group) is 1. The van der Waals surface area contributed by atoms with E-state index in [1.807, 2.05) is 6.07 Å². The van der Waals surface area contributed by atoms with Gasteiger partial charge in [-0.1, -0.05) is 12.1 Å². The molecule has 0 unspecified atom stereocenters. The predicted octanol–water partition coefficient (Wildman–Crippen LogP) is 1.28. The van der Waals surface area contributed by atoms with Crippen molar-refractivity contribution in [1.29, 1.82) is 0 Å². The smallest absolute Gasteiger partial charge is 0.259 e. The van der Waals surface area contributed by atoms with Gasteiger partial charge in [0.15, 0.2) is 12.4 Å². The standard InChI is InChI=1S/C13H15NO3/c1-14(2)13(16)8-17-12-5-3-4-9-10(12)6-7-11(9)15/h3-5H,6-8H2,1-2H3. The van der Waals surface area contributed by atoms with Crippen LogP contribution < -0.4 is 4.74 Å². The molecule has 4 nitrogen and oxygen atoms in total. The number of nitrogens with zero attached hydrogens (tertiary/aromatic N) is 1. The van der Waals surface area contributed by atoms with Gasteiger partial charge in [0.2, 0.25) is 0 Å². The van der Waals surface area contributed by atoms with Gasteiger partial charge >= 0.3 is 0 Å². The zero-order valence-electron chi connectivity index (χ0n) is 10.0. The maximum Gasteiger partial charge on any atom is 0.259 e. The van der Waals surface area contributed by atoms with Crippen LogP contribution in [0.1, 0.15) is 22.3 Å². The van der Waals surface area contributed by atoms with Gasteiger partial charge in [0.1, 0.15) is 5.75 Å². The van der Waals surface area contributed by atoms with E-state index < -0.39 is 0 Å². The van der Waals surface area contributed by atoms with Crippen molar-refractivity contribution in [2.75, 3.05) is 20.7 Å². The Hall–Kier alpha value is -1.84. The molecule has 4 heteroatoms. The van der Waals surface area contributed by atoms with Crippen LogP contribution in [0.3, 0.4) is 0 Å². The van der Waals surface area contributed by atoms with Gasteiger partial charge in [0, 0.05) is 31.6 Å². The van der Waals surface area contributed by atoms with E-state index >= 15 is 0 Å². The summed E-state index contributed by atoms with van der Waals surface area (Å²) in [5.41, 5.74) is 1.67. The third-order valence-corrected chi connectivity index (χ3v) is 2.89. The van der Waals surface area contributed by atoms with E-state index in [0.29, 0.717) is 18.6 Å². The van der Waals surface area contributed by atoms with Crippen LogP contribution in [-0.4, -0.2) is 37.3 Å². The fourth-order valence-corrected chi connectivity index (χ4v) is 1.86. The zero-order chi connectivity index (χ0) is 12.4. The third-order valence-electron chi connectivity index (χ3n) is 2.89. The van der Waals surface area contributed by atoms with Gasteiger partial charge in [0.05, 0.1) is 0 Å². The molecule has 0 fully saturated rings. The molecule has 0 aromatic heterocycles. The summed E-state index contributed by atoms with van der Waals surface area (Å²) in [5.74, 6) is 0.722. The van der Waals surface area contributed by atoms with Crippen molar-refractivity contribution in [2.45, 2.75) is 12.8 Å². The Balaban J connectivity index is 2.13. The Morgan fingerprint density at radius 1 is 1.35 bits per heavy atom. The Labute approximate surface area is 100 Å². The summed E-state index contributed by atoms with van der Waals surface area (Å²) >= 11 is 0. The van der Waals surface area contributed by atoms with Crippen LogP contribution in [0.25, 0.3) is 0 Å². The molecule has 2 rings (SSSR count). The summed E-state index contributed by atoms with van der Waals surface area (Å²) in [6.07, 6.45) is 1.25. The van der Waals surface area contributed by atoms with E-state index in [4.69, 9.17) is 4.74 Å². The first-order valence-electron chi connectivity index (χ1n) is 5.57. The number of Topliss-reactive ketones (excluding diaryl/α,β-unsaturated/α-hetero) is 1. The Morgan fingerprint density at radius 3 is 2.82 bits per heavy atom. The summed E-state index contributed by atoms with van der Waals surface area (Å²) < 4.78 is 5.48. The zero-order valence-corrected chi connectivity index (χ0v) is 10.0. The highest BCUT2D eigenvalue weighted by atomic mass is 16.5. The third kappa shape index (κ3) is 2.30. The van der Waals surface area contributed by atoms with E-state index in [-0.39, 0.29) is 18.3 Å². The average Bonchev–Trinajstić information content (AvgIpc) is 2.69. The second-order valence-corrected chi connectivity index (χ2v) is 4.28. The summed E-state index contributed by atoms with van der Waals surface area (Å²) in [7, 11) is 3.37. The molecule has 17 heavy (non-hydrogen) atoms. The molecule has 1 aromatic carbocycles. The van der Waals surface area contributed by atoms with Crippen LogP contribution in [0.2, 0.25) is 0 Å². The lowest BCUT2D eigenvalue weighted by molar-refractivity contribution is -0.130. The van der Waals surface area contributed by atoms with Crippen molar-refractivity contribution in [3.8, 4) is 5.75 Å². The highest BCUT2D eigenvalue weighted by Gasteiger charge is 2.22. The average molecular weight is 233 g/mol. The van der Waals surface area contributed by atoms with Gasteiger partial charge in [-0.05, 0) is 12.5 Å². The number of carbonyl (C=O) groups is 2. The molecule has 0 bridgehead atoms. The number of ether oxygens (including phenoxy) is 1. The molecule has 90 valence electrons. The first-order chi connectivity index (χ1) is 8.09. The first-order valence-corrected chi connectivity index (χ1v) is 5.57. The van der Waals surface area contributed by atoms with Gasteiger partial charge in [-0.3, -0.25) is 9.59 Å². The van der Waals surface area contributed by atoms with Crippen LogP contribution >= 0.6 is 0 Å². The molecule has 1 aliphatic rings. The van der Waals surface area contributed by atoms with Gasteiger partial charge < -0.3 is 9.64 Å². The highest BCUT2D eigenvalue weighted by Crippen LogP contribution is 2.30.